The van der Waals surface area contributed by atoms with Gasteiger partial charge in [-0.3, -0.25) is 14.3 Å². The maximum atomic E-state index is 13.0. The summed E-state index contributed by atoms with van der Waals surface area (Å²) < 4.78 is 7.10. The van der Waals surface area contributed by atoms with Crippen LogP contribution in [-0.2, 0) is 20.9 Å². The molecule has 0 unspecified atom stereocenters. The molecule has 1 saturated heterocycles. The Bertz CT molecular complexity index is 1160. The molecular formula is C26H28N4O4. The number of hydrogen-bond donors (Lipinski definition) is 1. The summed E-state index contributed by atoms with van der Waals surface area (Å²) in [7, 11) is 0. The Hall–Kier alpha value is -3.94. The Morgan fingerprint density at radius 2 is 1.71 bits per heavy atom. The van der Waals surface area contributed by atoms with Crippen molar-refractivity contribution in [2.45, 2.75) is 26.3 Å². The lowest BCUT2D eigenvalue weighted by Gasteiger charge is -2.30. The highest BCUT2D eigenvalue weighted by molar-refractivity contribution is 5.97. The van der Waals surface area contributed by atoms with Gasteiger partial charge in [-0.25, -0.2) is 4.79 Å². The van der Waals surface area contributed by atoms with Crippen LogP contribution >= 0.6 is 0 Å². The molecule has 0 atom stereocenters. The van der Waals surface area contributed by atoms with Crippen LogP contribution < -0.4 is 5.73 Å². The fourth-order valence-corrected chi connectivity index (χ4v) is 4.06. The fourth-order valence-electron chi connectivity index (χ4n) is 4.06. The van der Waals surface area contributed by atoms with Crippen molar-refractivity contribution in [3.63, 3.8) is 0 Å². The minimum atomic E-state index is -0.602. The zero-order valence-corrected chi connectivity index (χ0v) is 19.1. The first-order chi connectivity index (χ1) is 16.4. The number of nitrogens with zero attached hydrogens (tertiary/aromatic N) is 3. The smallest absolute Gasteiger partial charge is 0.342 e. The van der Waals surface area contributed by atoms with Crippen LogP contribution in [0.25, 0.3) is 11.3 Å². The Kier molecular flexibility index (Phi) is 7.06. The zero-order valence-electron chi connectivity index (χ0n) is 19.1. The second-order valence-corrected chi connectivity index (χ2v) is 8.57. The number of esters is 1. The standard InChI is InChI=1S/C26H28N4O4/c1-18-7-9-20(10-8-18)24-22(16-30(28-24)15-19-5-3-2-4-6-19)26(33)34-17-23(31)29-13-11-21(12-14-29)25(27)32/h2-10,16,21H,11-15,17H2,1H3,(H2,27,32). The van der Waals surface area contributed by atoms with Crippen molar-refractivity contribution >= 4 is 17.8 Å². The number of aryl methyl sites for hydroxylation is 1. The zero-order chi connectivity index (χ0) is 24.1. The Morgan fingerprint density at radius 1 is 1.03 bits per heavy atom. The molecule has 3 aromatic rings. The topological polar surface area (TPSA) is 108 Å². The van der Waals surface area contributed by atoms with Crippen LogP contribution in [0.4, 0.5) is 0 Å². The Labute approximate surface area is 198 Å². The highest BCUT2D eigenvalue weighted by atomic mass is 16.5. The van der Waals surface area contributed by atoms with Crippen LogP contribution in [0.5, 0.6) is 0 Å². The molecule has 0 aliphatic carbocycles. The van der Waals surface area contributed by atoms with E-state index in [0.29, 0.717) is 43.7 Å². The summed E-state index contributed by atoms with van der Waals surface area (Å²) in [5, 5.41) is 4.64. The van der Waals surface area contributed by atoms with E-state index in [2.05, 4.69) is 5.10 Å². The predicted molar refractivity (Wildman–Crippen MR) is 127 cm³/mol. The number of aromatic nitrogens is 2. The molecule has 1 aliphatic heterocycles. The molecule has 8 nitrogen and oxygen atoms in total. The Morgan fingerprint density at radius 3 is 2.35 bits per heavy atom. The third-order valence-corrected chi connectivity index (χ3v) is 6.07. The number of primary amides is 1. The molecule has 2 heterocycles. The Balaban J connectivity index is 1.47. The number of benzene rings is 2. The first-order valence-corrected chi connectivity index (χ1v) is 11.3. The van der Waals surface area contributed by atoms with Crippen LogP contribution in [0.2, 0.25) is 0 Å². The normalized spacial score (nSPS) is 14.1. The molecule has 8 heteroatoms. The van der Waals surface area contributed by atoms with Crippen molar-refractivity contribution in [1.29, 1.82) is 0 Å². The summed E-state index contributed by atoms with van der Waals surface area (Å²) in [5.74, 6) is -1.44. The molecule has 2 amide bonds. The maximum Gasteiger partial charge on any atom is 0.342 e. The van der Waals surface area contributed by atoms with Gasteiger partial charge in [0, 0.05) is 30.8 Å². The first kappa shape index (κ1) is 23.2. The fraction of sp³-hybridized carbons (Fsp3) is 0.308. The van der Waals surface area contributed by atoms with E-state index in [4.69, 9.17) is 10.5 Å². The van der Waals surface area contributed by atoms with E-state index in [9.17, 15) is 14.4 Å². The number of rotatable bonds is 7. The van der Waals surface area contributed by atoms with E-state index in [0.717, 1.165) is 16.7 Å². The summed E-state index contributed by atoms with van der Waals surface area (Å²) in [6.45, 7) is 2.98. The molecule has 4 rings (SSSR count). The van der Waals surface area contributed by atoms with Crippen LogP contribution in [-0.4, -0.2) is 52.2 Å². The number of piperidine rings is 1. The van der Waals surface area contributed by atoms with E-state index < -0.39 is 5.97 Å². The highest BCUT2D eigenvalue weighted by Gasteiger charge is 2.27. The largest absolute Gasteiger partial charge is 0.452 e. The SMILES string of the molecule is Cc1ccc(-c2nn(Cc3ccccc3)cc2C(=O)OCC(=O)N2CCC(C(N)=O)CC2)cc1. The van der Waals surface area contributed by atoms with Crippen LogP contribution in [0.1, 0.15) is 34.3 Å². The minimum Gasteiger partial charge on any atom is -0.452 e. The molecule has 1 fully saturated rings. The van der Waals surface area contributed by atoms with Gasteiger partial charge in [0.2, 0.25) is 5.91 Å². The number of ether oxygens (including phenoxy) is 1. The molecule has 176 valence electrons. The number of likely N-dealkylation sites (tertiary alicyclic amines) is 1. The second-order valence-electron chi connectivity index (χ2n) is 8.57. The monoisotopic (exact) mass is 460 g/mol. The summed E-state index contributed by atoms with van der Waals surface area (Å²) in [6, 6.07) is 17.6. The van der Waals surface area contributed by atoms with Crippen LogP contribution in [0, 0.1) is 12.8 Å². The molecule has 0 saturated carbocycles. The van der Waals surface area contributed by atoms with Crippen molar-refractivity contribution in [3.8, 4) is 11.3 Å². The van der Waals surface area contributed by atoms with Crippen molar-refractivity contribution in [1.82, 2.24) is 14.7 Å². The summed E-state index contributed by atoms with van der Waals surface area (Å²) >= 11 is 0. The molecule has 2 N–H and O–H groups in total. The van der Waals surface area contributed by atoms with Gasteiger partial charge < -0.3 is 15.4 Å². The molecule has 2 aromatic carbocycles. The second kappa shape index (κ2) is 10.3. The van der Waals surface area contributed by atoms with Gasteiger partial charge in [0.1, 0.15) is 11.3 Å². The first-order valence-electron chi connectivity index (χ1n) is 11.3. The molecule has 34 heavy (non-hydrogen) atoms. The highest BCUT2D eigenvalue weighted by Crippen LogP contribution is 2.24. The summed E-state index contributed by atoms with van der Waals surface area (Å²) in [5.41, 5.74) is 9.11. The molecule has 1 aliphatic rings. The lowest BCUT2D eigenvalue weighted by molar-refractivity contribution is -0.137. The van der Waals surface area contributed by atoms with Crippen molar-refractivity contribution in [2.24, 2.45) is 11.7 Å². The van der Waals surface area contributed by atoms with Gasteiger partial charge in [-0.05, 0) is 25.3 Å². The van der Waals surface area contributed by atoms with E-state index >= 15 is 0 Å². The quantitative estimate of drug-likeness (QED) is 0.546. The molecular weight excluding hydrogens is 432 g/mol. The van der Waals surface area contributed by atoms with Crippen molar-refractivity contribution < 1.29 is 19.1 Å². The van der Waals surface area contributed by atoms with Gasteiger partial charge >= 0.3 is 5.97 Å². The summed E-state index contributed by atoms with van der Waals surface area (Å²) in [4.78, 5) is 38.5. The van der Waals surface area contributed by atoms with Gasteiger partial charge in [0.25, 0.3) is 5.91 Å². The molecule has 0 bridgehead atoms. The van der Waals surface area contributed by atoms with Gasteiger partial charge in [0.15, 0.2) is 6.61 Å². The molecule has 0 spiro atoms. The number of carbonyl (C=O) groups excluding carboxylic acids is 3. The van der Waals surface area contributed by atoms with E-state index in [-0.39, 0.29) is 24.3 Å². The lowest BCUT2D eigenvalue weighted by atomic mass is 9.96. The number of hydrogen-bond acceptors (Lipinski definition) is 5. The van der Waals surface area contributed by atoms with E-state index in [1.165, 1.54) is 0 Å². The van der Waals surface area contributed by atoms with Crippen LogP contribution in [0.15, 0.2) is 60.8 Å². The summed E-state index contributed by atoms with van der Waals surface area (Å²) in [6.07, 6.45) is 2.71. The number of amides is 2. The number of nitrogens with two attached hydrogens (primary N) is 1. The van der Waals surface area contributed by atoms with Gasteiger partial charge in [0.05, 0.1) is 6.54 Å². The third kappa shape index (κ3) is 5.51. The third-order valence-electron chi connectivity index (χ3n) is 6.07. The molecule has 0 radical (unpaired) electrons. The maximum absolute atomic E-state index is 13.0. The van der Waals surface area contributed by atoms with Crippen molar-refractivity contribution in [3.05, 3.63) is 77.5 Å². The van der Waals surface area contributed by atoms with E-state index in [1.54, 1.807) is 15.8 Å². The molecule has 1 aromatic heterocycles. The van der Waals surface area contributed by atoms with Crippen molar-refractivity contribution in [2.75, 3.05) is 19.7 Å². The van der Waals surface area contributed by atoms with Gasteiger partial charge in [-0.15, -0.1) is 0 Å². The minimum absolute atomic E-state index is 0.209. The van der Waals surface area contributed by atoms with E-state index in [1.807, 2.05) is 61.5 Å². The average molecular weight is 461 g/mol. The number of carbonyl (C=O) groups is 3. The lowest BCUT2D eigenvalue weighted by Crippen LogP contribution is -2.43. The average Bonchev–Trinajstić information content (AvgIpc) is 3.27. The van der Waals surface area contributed by atoms with Gasteiger partial charge in [-0.2, -0.15) is 5.10 Å². The van der Waals surface area contributed by atoms with Gasteiger partial charge in [-0.1, -0.05) is 60.2 Å². The van der Waals surface area contributed by atoms with Crippen LogP contribution in [0.3, 0.4) is 0 Å². The predicted octanol–water partition coefficient (Wildman–Crippen LogP) is 2.79.